The van der Waals surface area contributed by atoms with Crippen molar-refractivity contribution in [1.29, 1.82) is 0 Å². The molecule has 0 aliphatic carbocycles. The summed E-state index contributed by atoms with van der Waals surface area (Å²) in [5, 5.41) is 9.61. The number of likely N-dealkylation sites (N-methyl/N-ethyl adjacent to an activating group) is 1. The number of ether oxygens (including phenoxy) is 2. The molecule has 0 bridgehead atoms. The number of amides is 1. The first-order valence-electron chi connectivity index (χ1n) is 6.43. The van der Waals surface area contributed by atoms with Gasteiger partial charge in [0.1, 0.15) is 11.7 Å². The van der Waals surface area contributed by atoms with Crippen molar-refractivity contribution in [2.24, 2.45) is 5.92 Å². The molecule has 1 aromatic carbocycles. The van der Waals surface area contributed by atoms with Crippen LogP contribution in [0.3, 0.4) is 0 Å². The van der Waals surface area contributed by atoms with Crippen LogP contribution < -0.4 is 4.74 Å². The van der Waals surface area contributed by atoms with Gasteiger partial charge in [0.25, 0.3) is 5.91 Å². The van der Waals surface area contributed by atoms with Crippen molar-refractivity contribution in [3.8, 4) is 5.75 Å². The van der Waals surface area contributed by atoms with Crippen LogP contribution in [0, 0.1) is 5.92 Å². The lowest BCUT2D eigenvalue weighted by molar-refractivity contribution is -0.144. The second-order valence-electron chi connectivity index (χ2n) is 4.80. The van der Waals surface area contributed by atoms with Crippen LogP contribution >= 0.6 is 11.6 Å². The minimum Gasteiger partial charge on any atom is -0.484 e. The standard InChI is InChI=1S/C14H16ClNO5/c1-16(12-7-20-6-11(12)14(18)19)13(17)8-21-10-4-2-3-9(15)5-10/h2-5,11-12H,6-8H2,1H3,(H,18,19). The SMILES string of the molecule is CN(C(=O)COc1cccc(Cl)c1)C1COCC1C(=O)O. The van der Waals surface area contributed by atoms with E-state index in [1.165, 1.54) is 4.90 Å². The maximum Gasteiger partial charge on any atom is 0.311 e. The van der Waals surface area contributed by atoms with Gasteiger partial charge in [-0.1, -0.05) is 17.7 Å². The van der Waals surface area contributed by atoms with E-state index >= 15 is 0 Å². The third-order valence-electron chi connectivity index (χ3n) is 3.42. The zero-order valence-corrected chi connectivity index (χ0v) is 12.2. The van der Waals surface area contributed by atoms with Gasteiger partial charge in [-0.25, -0.2) is 0 Å². The van der Waals surface area contributed by atoms with Crippen LogP contribution in [0.4, 0.5) is 0 Å². The molecule has 1 saturated heterocycles. The van der Waals surface area contributed by atoms with Crippen LogP contribution in [0.5, 0.6) is 5.75 Å². The molecule has 1 aromatic rings. The highest BCUT2D eigenvalue weighted by atomic mass is 35.5. The molecule has 1 amide bonds. The number of carboxylic acid groups (broad SMARTS) is 1. The number of hydrogen-bond donors (Lipinski definition) is 1. The van der Waals surface area contributed by atoms with Crippen molar-refractivity contribution in [2.75, 3.05) is 26.9 Å². The average Bonchev–Trinajstić information content (AvgIpc) is 2.93. The number of hydrogen-bond acceptors (Lipinski definition) is 4. The summed E-state index contributed by atoms with van der Waals surface area (Å²) >= 11 is 5.82. The molecule has 1 aliphatic heterocycles. The van der Waals surface area contributed by atoms with E-state index in [2.05, 4.69) is 0 Å². The van der Waals surface area contributed by atoms with E-state index < -0.39 is 17.9 Å². The van der Waals surface area contributed by atoms with Crippen LogP contribution in [0.1, 0.15) is 0 Å². The van der Waals surface area contributed by atoms with E-state index in [1.807, 2.05) is 0 Å². The average molecular weight is 314 g/mol. The number of carboxylic acids is 1. The number of aliphatic carboxylic acids is 1. The summed E-state index contributed by atoms with van der Waals surface area (Å²) in [6.07, 6.45) is 0. The first kappa shape index (κ1) is 15.6. The molecule has 2 unspecified atom stereocenters. The molecular weight excluding hydrogens is 298 g/mol. The smallest absolute Gasteiger partial charge is 0.311 e. The molecule has 1 fully saturated rings. The van der Waals surface area contributed by atoms with Gasteiger partial charge in [-0.15, -0.1) is 0 Å². The minimum atomic E-state index is -0.965. The highest BCUT2D eigenvalue weighted by Crippen LogP contribution is 2.20. The Hall–Kier alpha value is -1.79. The molecule has 2 rings (SSSR count). The van der Waals surface area contributed by atoms with E-state index in [-0.39, 0.29) is 25.7 Å². The number of rotatable bonds is 5. The van der Waals surface area contributed by atoms with Gasteiger partial charge in [0.05, 0.1) is 19.3 Å². The van der Waals surface area contributed by atoms with Crippen molar-refractivity contribution >= 4 is 23.5 Å². The summed E-state index contributed by atoms with van der Waals surface area (Å²) in [6.45, 7) is 0.156. The fourth-order valence-electron chi connectivity index (χ4n) is 2.15. The normalized spacial score (nSPS) is 21.0. The predicted octanol–water partition coefficient (Wildman–Crippen LogP) is 1.28. The molecule has 1 heterocycles. The van der Waals surface area contributed by atoms with Gasteiger partial charge in [0.2, 0.25) is 0 Å². The van der Waals surface area contributed by atoms with E-state index in [0.29, 0.717) is 10.8 Å². The molecule has 7 heteroatoms. The largest absolute Gasteiger partial charge is 0.484 e. The Morgan fingerprint density at radius 2 is 2.24 bits per heavy atom. The topological polar surface area (TPSA) is 76.1 Å². The fraction of sp³-hybridized carbons (Fsp3) is 0.429. The summed E-state index contributed by atoms with van der Waals surface area (Å²) in [5.41, 5.74) is 0. The van der Waals surface area contributed by atoms with Crippen molar-refractivity contribution in [2.45, 2.75) is 6.04 Å². The molecule has 1 aliphatic rings. The second-order valence-corrected chi connectivity index (χ2v) is 5.24. The maximum absolute atomic E-state index is 12.1. The molecule has 21 heavy (non-hydrogen) atoms. The molecule has 0 aromatic heterocycles. The summed E-state index contributed by atoms with van der Waals surface area (Å²) in [4.78, 5) is 24.5. The Bertz CT molecular complexity index is 536. The van der Waals surface area contributed by atoms with Crippen molar-refractivity contribution in [3.63, 3.8) is 0 Å². The second kappa shape index (κ2) is 6.78. The van der Waals surface area contributed by atoms with E-state index in [9.17, 15) is 9.59 Å². The fourth-order valence-corrected chi connectivity index (χ4v) is 2.33. The summed E-state index contributed by atoms with van der Waals surface area (Å²) < 4.78 is 10.5. The molecule has 0 radical (unpaired) electrons. The summed E-state index contributed by atoms with van der Waals surface area (Å²) in [7, 11) is 1.55. The van der Waals surface area contributed by atoms with Crippen molar-refractivity contribution in [3.05, 3.63) is 29.3 Å². The lowest BCUT2D eigenvalue weighted by Gasteiger charge is -2.26. The summed E-state index contributed by atoms with van der Waals surface area (Å²) in [5.74, 6) is -1.49. The number of halogens is 1. The van der Waals surface area contributed by atoms with E-state index in [4.69, 9.17) is 26.2 Å². The third kappa shape index (κ3) is 3.86. The van der Waals surface area contributed by atoms with E-state index in [1.54, 1.807) is 31.3 Å². The van der Waals surface area contributed by atoms with Crippen LogP contribution in [-0.2, 0) is 14.3 Å². The number of benzene rings is 1. The quantitative estimate of drug-likeness (QED) is 0.886. The van der Waals surface area contributed by atoms with Gasteiger partial charge >= 0.3 is 5.97 Å². The first-order valence-corrected chi connectivity index (χ1v) is 6.81. The molecule has 114 valence electrons. The lowest BCUT2D eigenvalue weighted by Crippen LogP contribution is -2.45. The third-order valence-corrected chi connectivity index (χ3v) is 3.65. The highest BCUT2D eigenvalue weighted by molar-refractivity contribution is 6.30. The Morgan fingerprint density at radius 1 is 1.48 bits per heavy atom. The highest BCUT2D eigenvalue weighted by Gasteiger charge is 2.38. The molecule has 6 nitrogen and oxygen atoms in total. The van der Waals surface area contributed by atoms with Crippen LogP contribution in [0.25, 0.3) is 0 Å². The van der Waals surface area contributed by atoms with Gasteiger partial charge in [-0.3, -0.25) is 9.59 Å². The first-order chi connectivity index (χ1) is 9.99. The molecule has 0 spiro atoms. The summed E-state index contributed by atoms with van der Waals surface area (Å²) in [6, 6.07) is 6.25. The Morgan fingerprint density at radius 3 is 2.90 bits per heavy atom. The van der Waals surface area contributed by atoms with Crippen LogP contribution in [0.2, 0.25) is 5.02 Å². The molecule has 1 N–H and O–H groups in total. The van der Waals surface area contributed by atoms with Crippen molar-refractivity contribution in [1.82, 2.24) is 4.90 Å². The number of carbonyl (C=O) groups is 2. The molecule has 0 saturated carbocycles. The van der Waals surface area contributed by atoms with Gasteiger partial charge < -0.3 is 19.5 Å². The number of nitrogens with zero attached hydrogens (tertiary/aromatic N) is 1. The van der Waals surface area contributed by atoms with Gasteiger partial charge in [0, 0.05) is 12.1 Å². The zero-order valence-electron chi connectivity index (χ0n) is 11.5. The van der Waals surface area contributed by atoms with Crippen LogP contribution in [0.15, 0.2) is 24.3 Å². The van der Waals surface area contributed by atoms with E-state index in [0.717, 1.165) is 0 Å². The Balaban J connectivity index is 1.92. The van der Waals surface area contributed by atoms with Gasteiger partial charge in [-0.05, 0) is 18.2 Å². The monoisotopic (exact) mass is 313 g/mol. The predicted molar refractivity (Wildman–Crippen MR) is 75.4 cm³/mol. The number of carbonyl (C=O) groups excluding carboxylic acids is 1. The molecule has 2 atom stereocenters. The van der Waals surface area contributed by atoms with Gasteiger partial charge in [0.15, 0.2) is 6.61 Å². The Labute approximate surface area is 127 Å². The van der Waals surface area contributed by atoms with Gasteiger partial charge in [-0.2, -0.15) is 0 Å². The van der Waals surface area contributed by atoms with Crippen LogP contribution in [-0.4, -0.2) is 54.8 Å². The lowest BCUT2D eigenvalue weighted by atomic mass is 10.0. The maximum atomic E-state index is 12.1. The molecular formula is C14H16ClNO5. The van der Waals surface area contributed by atoms with Crippen molar-refractivity contribution < 1.29 is 24.2 Å². The minimum absolute atomic E-state index is 0.118. The Kier molecular flexibility index (Phi) is 5.03. The zero-order chi connectivity index (χ0) is 15.4.